The predicted molar refractivity (Wildman–Crippen MR) is 98.8 cm³/mol. The Morgan fingerprint density at radius 1 is 1.04 bits per heavy atom. The molecule has 3 aromatic rings. The first-order chi connectivity index (χ1) is 13.2. The molecule has 27 heavy (non-hydrogen) atoms. The summed E-state index contributed by atoms with van der Waals surface area (Å²) in [5.41, 5.74) is 1.89. The third kappa shape index (κ3) is 3.67. The van der Waals surface area contributed by atoms with Crippen LogP contribution in [-0.2, 0) is 6.54 Å². The standard InChI is InChI=1S/C20H17N3O4/c24-19-9-7-16(14-4-2-1-3-5-14)22-23(19)11-10-21-20(25)15-6-8-17-18(12-15)27-13-26-17/h1-9,12H,10-11,13H2,(H,21,25). The summed E-state index contributed by atoms with van der Waals surface area (Å²) in [6.07, 6.45) is 0. The molecule has 2 heterocycles. The SMILES string of the molecule is O=C(NCCn1nc(-c2ccccc2)ccc1=O)c1ccc2c(c1)OCO2. The number of nitrogens with one attached hydrogen (secondary N) is 1. The van der Waals surface area contributed by atoms with Crippen LogP contribution in [0.15, 0.2) is 65.5 Å². The van der Waals surface area contributed by atoms with E-state index in [1.807, 2.05) is 30.3 Å². The number of hydrogen-bond donors (Lipinski definition) is 1. The van der Waals surface area contributed by atoms with Crippen molar-refractivity contribution in [2.24, 2.45) is 0 Å². The predicted octanol–water partition coefficient (Wildman–Crippen LogP) is 2.07. The van der Waals surface area contributed by atoms with Crippen LogP contribution in [0.3, 0.4) is 0 Å². The maximum Gasteiger partial charge on any atom is 0.266 e. The smallest absolute Gasteiger partial charge is 0.266 e. The molecular weight excluding hydrogens is 346 g/mol. The van der Waals surface area contributed by atoms with Crippen LogP contribution >= 0.6 is 0 Å². The van der Waals surface area contributed by atoms with Gasteiger partial charge in [-0.25, -0.2) is 4.68 Å². The van der Waals surface area contributed by atoms with Gasteiger partial charge in [0.1, 0.15) is 0 Å². The summed E-state index contributed by atoms with van der Waals surface area (Å²) in [5.74, 6) is 0.927. The number of ether oxygens (including phenoxy) is 2. The average Bonchev–Trinajstić information content (AvgIpc) is 3.18. The Labute approximate surface area is 155 Å². The van der Waals surface area contributed by atoms with Crippen molar-refractivity contribution in [2.75, 3.05) is 13.3 Å². The van der Waals surface area contributed by atoms with E-state index >= 15 is 0 Å². The zero-order chi connectivity index (χ0) is 18.6. The lowest BCUT2D eigenvalue weighted by atomic mass is 10.1. The van der Waals surface area contributed by atoms with Crippen molar-refractivity contribution >= 4 is 5.91 Å². The Morgan fingerprint density at radius 3 is 2.70 bits per heavy atom. The molecule has 1 N–H and O–H groups in total. The fraction of sp³-hybridized carbons (Fsp3) is 0.150. The maximum atomic E-state index is 12.3. The van der Waals surface area contributed by atoms with Crippen LogP contribution in [0.4, 0.5) is 0 Å². The van der Waals surface area contributed by atoms with Crippen LogP contribution in [-0.4, -0.2) is 29.0 Å². The highest BCUT2D eigenvalue weighted by atomic mass is 16.7. The van der Waals surface area contributed by atoms with Crippen molar-refractivity contribution in [3.8, 4) is 22.8 Å². The molecule has 1 aliphatic heterocycles. The van der Waals surface area contributed by atoms with E-state index in [1.165, 1.54) is 10.7 Å². The molecule has 136 valence electrons. The second-order valence-corrected chi connectivity index (χ2v) is 5.97. The number of amides is 1. The van der Waals surface area contributed by atoms with E-state index in [0.29, 0.717) is 22.8 Å². The minimum Gasteiger partial charge on any atom is -0.454 e. The number of fused-ring (bicyclic) bond motifs is 1. The molecule has 0 spiro atoms. The minimum atomic E-state index is -0.249. The summed E-state index contributed by atoms with van der Waals surface area (Å²) in [5, 5.41) is 7.17. The van der Waals surface area contributed by atoms with Gasteiger partial charge in [0.05, 0.1) is 12.2 Å². The van der Waals surface area contributed by atoms with Gasteiger partial charge in [0.2, 0.25) is 6.79 Å². The van der Waals surface area contributed by atoms with Crippen molar-refractivity contribution in [3.05, 3.63) is 76.6 Å². The molecule has 4 rings (SSSR count). The first kappa shape index (κ1) is 16.8. The van der Waals surface area contributed by atoms with Crippen molar-refractivity contribution in [3.63, 3.8) is 0 Å². The summed E-state index contributed by atoms with van der Waals surface area (Å²) in [4.78, 5) is 24.3. The Kier molecular flexibility index (Phi) is 4.57. The molecule has 0 aliphatic carbocycles. The van der Waals surface area contributed by atoms with Crippen molar-refractivity contribution in [2.45, 2.75) is 6.54 Å². The molecule has 1 aliphatic rings. The number of carbonyl (C=O) groups excluding carboxylic acids is 1. The molecule has 7 nitrogen and oxygen atoms in total. The van der Waals surface area contributed by atoms with E-state index in [0.717, 1.165) is 5.56 Å². The van der Waals surface area contributed by atoms with Gasteiger partial charge in [-0.2, -0.15) is 5.10 Å². The van der Waals surface area contributed by atoms with Crippen molar-refractivity contribution < 1.29 is 14.3 Å². The third-order valence-electron chi connectivity index (χ3n) is 4.18. The van der Waals surface area contributed by atoms with Crippen LogP contribution in [0, 0.1) is 0 Å². The molecule has 0 bridgehead atoms. The first-order valence-electron chi connectivity index (χ1n) is 8.52. The summed E-state index contributed by atoms with van der Waals surface area (Å²) in [6, 6.07) is 17.8. The molecule has 0 atom stereocenters. The summed E-state index contributed by atoms with van der Waals surface area (Å²) in [7, 11) is 0. The highest BCUT2D eigenvalue weighted by Crippen LogP contribution is 2.32. The van der Waals surface area contributed by atoms with E-state index < -0.39 is 0 Å². The number of aromatic nitrogens is 2. The molecule has 2 aromatic carbocycles. The summed E-state index contributed by atoms with van der Waals surface area (Å²) in [6.45, 7) is 0.709. The minimum absolute atomic E-state index is 0.159. The van der Waals surface area contributed by atoms with Gasteiger partial charge in [0.25, 0.3) is 11.5 Å². The molecule has 1 amide bonds. The monoisotopic (exact) mass is 363 g/mol. The second-order valence-electron chi connectivity index (χ2n) is 5.97. The van der Waals surface area contributed by atoms with Crippen molar-refractivity contribution in [1.29, 1.82) is 0 Å². The molecule has 0 radical (unpaired) electrons. The largest absolute Gasteiger partial charge is 0.454 e. The van der Waals surface area contributed by atoms with E-state index in [4.69, 9.17) is 9.47 Å². The Hall–Kier alpha value is -3.61. The first-order valence-corrected chi connectivity index (χ1v) is 8.52. The maximum absolute atomic E-state index is 12.3. The van der Waals surface area contributed by atoms with E-state index in [2.05, 4.69) is 10.4 Å². The second kappa shape index (κ2) is 7.33. The Bertz CT molecular complexity index is 1030. The molecular formula is C20H17N3O4. The Morgan fingerprint density at radius 2 is 1.85 bits per heavy atom. The summed E-state index contributed by atoms with van der Waals surface area (Å²) < 4.78 is 11.9. The van der Waals surface area contributed by atoms with Gasteiger partial charge in [0, 0.05) is 23.7 Å². The van der Waals surface area contributed by atoms with Gasteiger partial charge < -0.3 is 14.8 Å². The summed E-state index contributed by atoms with van der Waals surface area (Å²) >= 11 is 0. The van der Waals surface area contributed by atoms with Crippen LogP contribution in [0.1, 0.15) is 10.4 Å². The lowest BCUT2D eigenvalue weighted by Gasteiger charge is -2.09. The molecule has 0 fully saturated rings. The fourth-order valence-corrected chi connectivity index (χ4v) is 2.79. The quantitative estimate of drug-likeness (QED) is 0.750. The van der Waals surface area contributed by atoms with E-state index in [9.17, 15) is 9.59 Å². The van der Waals surface area contributed by atoms with Crippen LogP contribution in [0.5, 0.6) is 11.5 Å². The van der Waals surface area contributed by atoms with Gasteiger partial charge in [-0.1, -0.05) is 30.3 Å². The van der Waals surface area contributed by atoms with Gasteiger partial charge in [-0.3, -0.25) is 9.59 Å². The molecule has 1 aromatic heterocycles. The third-order valence-corrected chi connectivity index (χ3v) is 4.18. The highest BCUT2D eigenvalue weighted by Gasteiger charge is 2.16. The molecule has 7 heteroatoms. The van der Waals surface area contributed by atoms with E-state index in [-0.39, 0.29) is 31.3 Å². The zero-order valence-electron chi connectivity index (χ0n) is 14.4. The number of nitrogens with zero attached hydrogens (tertiary/aromatic N) is 2. The molecule has 0 saturated heterocycles. The van der Waals surface area contributed by atoms with Gasteiger partial charge in [-0.15, -0.1) is 0 Å². The lowest BCUT2D eigenvalue weighted by molar-refractivity contribution is 0.0951. The number of carbonyl (C=O) groups is 1. The van der Waals surface area contributed by atoms with Gasteiger partial charge in [-0.05, 0) is 24.3 Å². The van der Waals surface area contributed by atoms with Crippen LogP contribution in [0.2, 0.25) is 0 Å². The number of rotatable bonds is 5. The fourth-order valence-electron chi connectivity index (χ4n) is 2.79. The molecule has 0 unspecified atom stereocenters. The van der Waals surface area contributed by atoms with Crippen molar-refractivity contribution in [1.82, 2.24) is 15.1 Å². The van der Waals surface area contributed by atoms with Gasteiger partial charge >= 0.3 is 0 Å². The van der Waals surface area contributed by atoms with E-state index in [1.54, 1.807) is 24.3 Å². The normalized spacial score (nSPS) is 12.0. The lowest BCUT2D eigenvalue weighted by Crippen LogP contribution is -2.31. The highest BCUT2D eigenvalue weighted by molar-refractivity contribution is 5.94. The average molecular weight is 363 g/mol. The molecule has 0 saturated carbocycles. The zero-order valence-corrected chi connectivity index (χ0v) is 14.4. The van der Waals surface area contributed by atoms with Crippen LogP contribution in [0.25, 0.3) is 11.3 Å². The number of hydrogen-bond acceptors (Lipinski definition) is 5. The van der Waals surface area contributed by atoms with Crippen LogP contribution < -0.4 is 20.3 Å². The number of benzene rings is 2. The topological polar surface area (TPSA) is 82.5 Å². The van der Waals surface area contributed by atoms with Gasteiger partial charge in [0.15, 0.2) is 11.5 Å². The Balaban J connectivity index is 1.41.